The molecule has 0 aliphatic heterocycles. The van der Waals surface area contributed by atoms with Gasteiger partial charge in [0.25, 0.3) is 0 Å². The van der Waals surface area contributed by atoms with Gasteiger partial charge in [0, 0.05) is 5.56 Å². The third-order valence-electron chi connectivity index (χ3n) is 2.16. The third-order valence-corrected chi connectivity index (χ3v) is 2.16. The van der Waals surface area contributed by atoms with Gasteiger partial charge in [-0.3, -0.25) is 4.79 Å². The van der Waals surface area contributed by atoms with Crippen LogP contribution in [0.5, 0.6) is 0 Å². The molecule has 0 aliphatic rings. The number of nitrogens with zero attached hydrogens (tertiary/aromatic N) is 1. The van der Waals surface area contributed by atoms with Gasteiger partial charge in [-0.25, -0.2) is 4.39 Å². The summed E-state index contributed by atoms with van der Waals surface area (Å²) in [5.74, 6) is -0.383. The second kappa shape index (κ2) is 4.10. The van der Waals surface area contributed by atoms with Crippen molar-refractivity contribution >= 4 is 6.29 Å². The third kappa shape index (κ3) is 2.06. The minimum Gasteiger partial charge on any atom is -0.619 e. The van der Waals surface area contributed by atoms with Crippen molar-refractivity contribution in [3.63, 3.8) is 0 Å². The molecule has 0 atom stereocenters. The summed E-state index contributed by atoms with van der Waals surface area (Å²) >= 11 is 0. The highest BCUT2D eigenvalue weighted by Crippen LogP contribution is 2.19. The SMILES string of the molecule is O=Cc1cc(-c2cccc(F)c2)c[n+]([O-])c1. The van der Waals surface area contributed by atoms with Crippen molar-refractivity contribution in [1.82, 2.24) is 0 Å². The Hall–Kier alpha value is -2.23. The summed E-state index contributed by atoms with van der Waals surface area (Å²) in [6.45, 7) is 0. The first-order valence-corrected chi connectivity index (χ1v) is 4.64. The molecule has 0 spiro atoms. The highest BCUT2D eigenvalue weighted by molar-refractivity contribution is 5.77. The fraction of sp³-hybridized carbons (Fsp3) is 0. The van der Waals surface area contributed by atoms with Gasteiger partial charge in [0.15, 0.2) is 18.7 Å². The van der Waals surface area contributed by atoms with Gasteiger partial charge in [0.05, 0.1) is 5.56 Å². The fourth-order valence-electron chi connectivity index (χ4n) is 1.47. The lowest BCUT2D eigenvalue weighted by molar-refractivity contribution is -0.604. The van der Waals surface area contributed by atoms with Gasteiger partial charge in [-0.05, 0) is 23.8 Å². The molecule has 2 aromatic rings. The first-order chi connectivity index (χ1) is 7.69. The molecule has 0 N–H and O–H groups in total. The predicted octanol–water partition coefficient (Wildman–Crippen LogP) is 1.94. The summed E-state index contributed by atoms with van der Waals surface area (Å²) in [4.78, 5) is 10.6. The average Bonchev–Trinajstić information content (AvgIpc) is 2.28. The van der Waals surface area contributed by atoms with E-state index in [2.05, 4.69) is 0 Å². The largest absolute Gasteiger partial charge is 0.619 e. The fourth-order valence-corrected chi connectivity index (χ4v) is 1.47. The van der Waals surface area contributed by atoms with Gasteiger partial charge in [0.1, 0.15) is 5.82 Å². The van der Waals surface area contributed by atoms with E-state index in [1.54, 1.807) is 12.1 Å². The molecular formula is C12H8FNO2. The predicted molar refractivity (Wildman–Crippen MR) is 56.2 cm³/mol. The second-order valence-corrected chi connectivity index (χ2v) is 3.35. The number of aromatic nitrogens is 1. The molecule has 0 aliphatic carbocycles. The number of carbonyl (C=O) groups is 1. The normalized spacial score (nSPS) is 10.1. The zero-order valence-electron chi connectivity index (χ0n) is 8.26. The Labute approximate surface area is 91.4 Å². The van der Waals surface area contributed by atoms with Crippen LogP contribution >= 0.6 is 0 Å². The van der Waals surface area contributed by atoms with Gasteiger partial charge in [0.2, 0.25) is 0 Å². The summed E-state index contributed by atoms with van der Waals surface area (Å²) in [5.41, 5.74) is 1.34. The molecule has 1 aromatic heterocycles. The van der Waals surface area contributed by atoms with Crippen molar-refractivity contribution in [3.05, 3.63) is 59.3 Å². The monoisotopic (exact) mass is 217 g/mol. The molecule has 0 amide bonds. The van der Waals surface area contributed by atoms with Crippen LogP contribution in [0, 0.1) is 11.0 Å². The van der Waals surface area contributed by atoms with Gasteiger partial charge in [-0.2, -0.15) is 4.73 Å². The smallest absolute Gasteiger partial charge is 0.190 e. The van der Waals surface area contributed by atoms with Crippen LogP contribution in [0.25, 0.3) is 11.1 Å². The van der Waals surface area contributed by atoms with Gasteiger partial charge in [-0.1, -0.05) is 12.1 Å². The van der Waals surface area contributed by atoms with E-state index in [4.69, 9.17) is 0 Å². The zero-order chi connectivity index (χ0) is 11.5. The van der Waals surface area contributed by atoms with E-state index in [0.29, 0.717) is 22.1 Å². The topological polar surface area (TPSA) is 44.0 Å². The Morgan fingerprint density at radius 3 is 2.69 bits per heavy atom. The van der Waals surface area contributed by atoms with Crippen LogP contribution in [-0.2, 0) is 0 Å². The molecule has 0 fully saturated rings. The summed E-state index contributed by atoms with van der Waals surface area (Å²) in [7, 11) is 0. The van der Waals surface area contributed by atoms with E-state index in [1.165, 1.54) is 24.4 Å². The Bertz CT molecular complexity index is 540. The minimum atomic E-state index is -0.383. The second-order valence-electron chi connectivity index (χ2n) is 3.35. The number of hydrogen-bond donors (Lipinski definition) is 0. The molecule has 1 aromatic carbocycles. The maximum atomic E-state index is 13.0. The number of hydrogen-bond acceptors (Lipinski definition) is 2. The highest BCUT2D eigenvalue weighted by atomic mass is 19.1. The molecule has 0 unspecified atom stereocenters. The van der Waals surface area contributed by atoms with E-state index < -0.39 is 0 Å². The molecule has 2 rings (SSSR count). The highest BCUT2D eigenvalue weighted by Gasteiger charge is 2.06. The van der Waals surface area contributed by atoms with E-state index in [0.717, 1.165) is 6.20 Å². The van der Waals surface area contributed by atoms with Crippen LogP contribution in [0.2, 0.25) is 0 Å². The molecule has 1 heterocycles. The van der Waals surface area contributed by atoms with Crippen molar-refractivity contribution in [2.45, 2.75) is 0 Å². The lowest BCUT2D eigenvalue weighted by Gasteiger charge is -2.03. The number of benzene rings is 1. The summed E-state index contributed by atoms with van der Waals surface area (Å²) in [6, 6.07) is 7.39. The Morgan fingerprint density at radius 2 is 2.00 bits per heavy atom. The van der Waals surface area contributed by atoms with Crippen LogP contribution in [0.3, 0.4) is 0 Å². The number of rotatable bonds is 2. The van der Waals surface area contributed by atoms with Crippen molar-refractivity contribution in [1.29, 1.82) is 0 Å². The Morgan fingerprint density at radius 1 is 1.19 bits per heavy atom. The van der Waals surface area contributed by atoms with Gasteiger partial charge >= 0.3 is 0 Å². The molecule has 0 saturated carbocycles. The summed E-state index contributed by atoms with van der Waals surface area (Å²) < 4.78 is 13.5. The molecule has 4 heteroatoms. The molecule has 0 saturated heterocycles. The molecular weight excluding hydrogens is 209 g/mol. The zero-order valence-corrected chi connectivity index (χ0v) is 8.26. The quantitative estimate of drug-likeness (QED) is 0.438. The number of pyridine rings is 1. The molecule has 0 bridgehead atoms. The van der Waals surface area contributed by atoms with Crippen molar-refractivity contribution in [3.8, 4) is 11.1 Å². The number of carbonyl (C=O) groups excluding carboxylic acids is 1. The van der Waals surface area contributed by atoms with Crippen LogP contribution in [0.15, 0.2) is 42.7 Å². The summed E-state index contributed by atoms with van der Waals surface area (Å²) in [5, 5.41) is 11.2. The van der Waals surface area contributed by atoms with Gasteiger partial charge in [-0.15, -0.1) is 0 Å². The maximum absolute atomic E-state index is 13.0. The summed E-state index contributed by atoms with van der Waals surface area (Å²) in [6.07, 6.45) is 3.04. The van der Waals surface area contributed by atoms with Crippen LogP contribution in [-0.4, -0.2) is 6.29 Å². The van der Waals surface area contributed by atoms with E-state index in [-0.39, 0.29) is 11.4 Å². The van der Waals surface area contributed by atoms with Crippen molar-refractivity contribution < 1.29 is 13.9 Å². The first-order valence-electron chi connectivity index (χ1n) is 4.64. The lowest BCUT2D eigenvalue weighted by Crippen LogP contribution is -2.25. The van der Waals surface area contributed by atoms with Crippen LogP contribution in [0.1, 0.15) is 10.4 Å². The first kappa shape index (κ1) is 10.3. The molecule has 0 radical (unpaired) electrons. The Balaban J connectivity index is 2.55. The van der Waals surface area contributed by atoms with Crippen LogP contribution < -0.4 is 4.73 Å². The Kier molecular flexibility index (Phi) is 2.64. The average molecular weight is 217 g/mol. The van der Waals surface area contributed by atoms with E-state index in [1.807, 2.05) is 0 Å². The standard InChI is InChI=1S/C12H8FNO2/c13-12-3-1-2-10(5-12)11-4-9(8-15)6-14(16)7-11/h1-8H. The van der Waals surface area contributed by atoms with Crippen molar-refractivity contribution in [2.24, 2.45) is 0 Å². The lowest BCUT2D eigenvalue weighted by atomic mass is 10.1. The van der Waals surface area contributed by atoms with Crippen LogP contribution in [0.4, 0.5) is 4.39 Å². The number of halogens is 1. The van der Waals surface area contributed by atoms with Crippen molar-refractivity contribution in [2.75, 3.05) is 0 Å². The molecule has 80 valence electrons. The minimum absolute atomic E-state index is 0.261. The molecule has 16 heavy (non-hydrogen) atoms. The number of aldehydes is 1. The molecule has 3 nitrogen and oxygen atoms in total. The van der Waals surface area contributed by atoms with Gasteiger partial charge < -0.3 is 5.21 Å². The van der Waals surface area contributed by atoms with E-state index >= 15 is 0 Å². The van der Waals surface area contributed by atoms with E-state index in [9.17, 15) is 14.4 Å². The maximum Gasteiger partial charge on any atom is 0.190 e.